The van der Waals surface area contributed by atoms with Crippen LogP contribution < -0.4 is 14.4 Å². The van der Waals surface area contributed by atoms with Gasteiger partial charge in [-0.2, -0.15) is 0 Å². The molecule has 3 aromatic carbocycles. The molecule has 3 heterocycles. The first-order valence-corrected chi connectivity index (χ1v) is 11.4. The fourth-order valence-corrected chi connectivity index (χ4v) is 5.12. The lowest BCUT2D eigenvalue weighted by Gasteiger charge is -2.49. The maximum Gasteiger partial charge on any atom is 0.262 e. The van der Waals surface area contributed by atoms with Gasteiger partial charge < -0.3 is 9.47 Å². The van der Waals surface area contributed by atoms with Gasteiger partial charge in [0, 0.05) is 11.6 Å². The second kappa shape index (κ2) is 8.20. The van der Waals surface area contributed by atoms with Crippen LogP contribution in [0.3, 0.4) is 0 Å². The van der Waals surface area contributed by atoms with E-state index >= 15 is 0 Å². The Morgan fingerprint density at radius 1 is 0.750 bits per heavy atom. The Balaban J connectivity index is 1.51. The number of pyridine rings is 1. The largest absolute Gasteiger partial charge is 0.497 e. The molecule has 2 atom stereocenters. The van der Waals surface area contributed by atoms with E-state index in [0.717, 1.165) is 15.8 Å². The number of hydrogen-bond acceptors (Lipinski definition) is 6. The van der Waals surface area contributed by atoms with E-state index in [-0.39, 0.29) is 5.91 Å². The number of carbonyl (C=O) groups is 3. The van der Waals surface area contributed by atoms with Crippen LogP contribution in [0.4, 0.5) is 5.69 Å². The molecule has 0 bridgehead atoms. The third-order valence-corrected chi connectivity index (χ3v) is 6.79. The number of imide groups is 1. The van der Waals surface area contributed by atoms with Crippen molar-refractivity contribution in [2.24, 2.45) is 0 Å². The van der Waals surface area contributed by atoms with Crippen molar-refractivity contribution in [2.45, 2.75) is 12.1 Å². The summed E-state index contributed by atoms with van der Waals surface area (Å²) in [5.41, 5.74) is 2.48. The molecule has 4 aromatic rings. The van der Waals surface area contributed by atoms with E-state index in [1.54, 1.807) is 73.8 Å². The second-order valence-corrected chi connectivity index (χ2v) is 8.59. The quantitative estimate of drug-likeness (QED) is 0.318. The van der Waals surface area contributed by atoms with Crippen LogP contribution in [-0.2, 0) is 4.79 Å². The van der Waals surface area contributed by atoms with Gasteiger partial charge in [0.15, 0.2) is 0 Å². The number of methoxy groups -OCH3 is 2. The molecule has 1 aromatic heterocycles. The third kappa shape index (κ3) is 3.00. The van der Waals surface area contributed by atoms with Crippen molar-refractivity contribution < 1.29 is 23.9 Å². The van der Waals surface area contributed by atoms with Crippen molar-refractivity contribution in [2.75, 3.05) is 19.1 Å². The Morgan fingerprint density at radius 3 is 2.19 bits per heavy atom. The molecule has 0 spiro atoms. The van der Waals surface area contributed by atoms with Crippen molar-refractivity contribution in [1.82, 2.24) is 9.88 Å². The summed E-state index contributed by atoms with van der Waals surface area (Å²) in [6.45, 7) is 0. The van der Waals surface area contributed by atoms with Gasteiger partial charge in [0.05, 0.1) is 42.6 Å². The predicted octanol–water partition coefficient (Wildman–Crippen LogP) is 4.00. The van der Waals surface area contributed by atoms with E-state index < -0.39 is 23.9 Å². The number of rotatable bonds is 5. The van der Waals surface area contributed by atoms with Crippen LogP contribution in [0, 0.1) is 0 Å². The summed E-state index contributed by atoms with van der Waals surface area (Å²) >= 11 is 0. The smallest absolute Gasteiger partial charge is 0.262 e. The minimum absolute atomic E-state index is 0.301. The molecule has 1 fully saturated rings. The lowest BCUT2D eigenvalue weighted by molar-refractivity contribution is -0.130. The molecule has 0 saturated carbocycles. The molecule has 3 amide bonds. The van der Waals surface area contributed by atoms with E-state index in [4.69, 9.17) is 9.47 Å². The second-order valence-electron chi connectivity index (χ2n) is 8.59. The maximum absolute atomic E-state index is 13.8. The SMILES string of the molecule is COc1cccc([C@H]2[C@H](N3C(=O)c4ccccc4C3=O)C(=O)N2c2ccc(OC)c3cccnc23)c1. The van der Waals surface area contributed by atoms with Gasteiger partial charge in [-0.15, -0.1) is 0 Å². The zero-order chi connectivity index (χ0) is 25.0. The Kier molecular flexibility index (Phi) is 4.96. The third-order valence-electron chi connectivity index (χ3n) is 6.79. The van der Waals surface area contributed by atoms with Crippen LogP contribution in [0.5, 0.6) is 11.5 Å². The number of hydrogen-bond donors (Lipinski definition) is 0. The van der Waals surface area contributed by atoms with Crippen LogP contribution in [0.25, 0.3) is 10.9 Å². The van der Waals surface area contributed by atoms with Gasteiger partial charge in [-0.25, -0.2) is 0 Å². The number of β-lactam (4-membered cyclic amide) rings is 1. The Hall–Kier alpha value is -4.72. The summed E-state index contributed by atoms with van der Waals surface area (Å²) in [5, 5.41) is 0.749. The minimum Gasteiger partial charge on any atom is -0.497 e. The van der Waals surface area contributed by atoms with Crippen molar-refractivity contribution in [3.05, 3.63) is 95.7 Å². The van der Waals surface area contributed by atoms with E-state index in [2.05, 4.69) is 4.98 Å². The number of nitrogens with zero attached hydrogens (tertiary/aromatic N) is 3. The first-order valence-electron chi connectivity index (χ1n) is 11.4. The first-order chi connectivity index (χ1) is 17.5. The molecule has 36 heavy (non-hydrogen) atoms. The Morgan fingerprint density at radius 2 is 1.50 bits per heavy atom. The normalized spacial score (nSPS) is 18.9. The molecule has 8 heteroatoms. The van der Waals surface area contributed by atoms with Crippen LogP contribution in [0.15, 0.2) is 79.0 Å². The van der Waals surface area contributed by atoms with Crippen LogP contribution in [-0.4, -0.2) is 47.9 Å². The molecule has 0 unspecified atom stereocenters. The molecule has 0 aliphatic carbocycles. The van der Waals surface area contributed by atoms with Crippen LogP contribution in [0.2, 0.25) is 0 Å². The van der Waals surface area contributed by atoms with Crippen LogP contribution in [0.1, 0.15) is 32.3 Å². The highest BCUT2D eigenvalue weighted by molar-refractivity contribution is 6.25. The highest BCUT2D eigenvalue weighted by Gasteiger charge is 2.57. The fraction of sp³-hybridized carbons (Fsp3) is 0.143. The summed E-state index contributed by atoms with van der Waals surface area (Å²) < 4.78 is 10.9. The molecule has 0 N–H and O–H groups in total. The summed E-state index contributed by atoms with van der Waals surface area (Å²) in [6, 6.07) is 19.5. The fourth-order valence-electron chi connectivity index (χ4n) is 5.12. The van der Waals surface area contributed by atoms with Gasteiger partial charge in [0.25, 0.3) is 17.7 Å². The number of carbonyl (C=O) groups excluding carboxylic acids is 3. The van der Waals surface area contributed by atoms with Crippen LogP contribution >= 0.6 is 0 Å². The van der Waals surface area contributed by atoms with Crippen molar-refractivity contribution in [1.29, 1.82) is 0 Å². The summed E-state index contributed by atoms with van der Waals surface area (Å²) in [6.07, 6.45) is 1.65. The van der Waals surface area contributed by atoms with E-state index in [1.807, 2.05) is 24.3 Å². The first kappa shape index (κ1) is 21.8. The lowest BCUT2D eigenvalue weighted by atomic mass is 9.86. The predicted molar refractivity (Wildman–Crippen MR) is 132 cm³/mol. The van der Waals surface area contributed by atoms with Crippen molar-refractivity contribution >= 4 is 34.3 Å². The molecule has 178 valence electrons. The van der Waals surface area contributed by atoms with Gasteiger partial charge >= 0.3 is 0 Å². The minimum atomic E-state index is -1.01. The summed E-state index contributed by atoms with van der Waals surface area (Å²) in [5.74, 6) is -0.0804. The molecule has 0 radical (unpaired) electrons. The summed E-state index contributed by atoms with van der Waals surface area (Å²) in [4.78, 5) is 47.6. The van der Waals surface area contributed by atoms with Gasteiger partial charge in [0.1, 0.15) is 17.5 Å². The average molecular weight is 479 g/mol. The highest BCUT2D eigenvalue weighted by Crippen LogP contribution is 2.47. The number of aromatic nitrogens is 1. The number of benzene rings is 3. The van der Waals surface area contributed by atoms with E-state index in [0.29, 0.717) is 33.8 Å². The molecular weight excluding hydrogens is 458 g/mol. The standard InChI is InChI=1S/C28H21N3O5/c1-35-17-8-5-7-16(15-17)24-25(31-26(32)18-9-3-4-10-19(18)27(31)33)28(34)30(24)21-12-13-22(36-2)20-11-6-14-29-23(20)21/h3-15,24-25H,1-2H3/t24-,25-/m0/s1. The molecule has 2 aliphatic rings. The van der Waals surface area contributed by atoms with E-state index in [1.165, 1.54) is 0 Å². The zero-order valence-electron chi connectivity index (χ0n) is 19.5. The zero-order valence-corrected chi connectivity index (χ0v) is 19.5. The van der Waals surface area contributed by atoms with Crippen molar-refractivity contribution in [3.63, 3.8) is 0 Å². The van der Waals surface area contributed by atoms with Gasteiger partial charge in [0.2, 0.25) is 0 Å². The topological polar surface area (TPSA) is 89.0 Å². The number of ether oxygens (including phenoxy) is 2. The molecule has 2 aliphatic heterocycles. The van der Waals surface area contributed by atoms with Gasteiger partial charge in [-0.05, 0) is 54.1 Å². The number of anilines is 1. The number of amides is 3. The van der Waals surface area contributed by atoms with E-state index in [9.17, 15) is 14.4 Å². The van der Waals surface area contributed by atoms with Gasteiger partial charge in [-0.1, -0.05) is 24.3 Å². The molecular formula is C28H21N3O5. The summed E-state index contributed by atoms with van der Waals surface area (Å²) in [7, 11) is 3.14. The average Bonchev–Trinajstić information content (AvgIpc) is 3.17. The Bertz CT molecular complexity index is 1530. The Labute approximate surface area is 206 Å². The number of fused-ring (bicyclic) bond motifs is 2. The van der Waals surface area contributed by atoms with Gasteiger partial charge in [-0.3, -0.25) is 29.2 Å². The molecule has 8 nitrogen and oxygen atoms in total. The molecule has 1 saturated heterocycles. The maximum atomic E-state index is 13.8. The monoisotopic (exact) mass is 479 g/mol. The van der Waals surface area contributed by atoms with Crippen molar-refractivity contribution in [3.8, 4) is 11.5 Å². The highest BCUT2D eigenvalue weighted by atomic mass is 16.5. The lowest BCUT2D eigenvalue weighted by Crippen LogP contribution is -2.67. The molecule has 6 rings (SSSR count).